The van der Waals surface area contributed by atoms with Gasteiger partial charge in [-0.15, -0.1) is 0 Å². The van der Waals surface area contributed by atoms with Crippen molar-refractivity contribution in [2.75, 3.05) is 25.0 Å². The van der Waals surface area contributed by atoms with Gasteiger partial charge in [-0.1, -0.05) is 18.2 Å². The number of carbonyl (C=O) groups is 2. The summed E-state index contributed by atoms with van der Waals surface area (Å²) in [4.78, 5) is 32.0. The zero-order valence-corrected chi connectivity index (χ0v) is 24.6. The zero-order chi connectivity index (χ0) is 29.6. The third-order valence-corrected chi connectivity index (χ3v) is 10.2. The molecule has 3 aliphatic rings. The van der Waals surface area contributed by atoms with Gasteiger partial charge in [0.05, 0.1) is 21.8 Å². The van der Waals surface area contributed by atoms with Crippen LogP contribution < -0.4 is 10.6 Å². The van der Waals surface area contributed by atoms with Crippen molar-refractivity contribution in [2.24, 2.45) is 5.92 Å². The van der Waals surface area contributed by atoms with Gasteiger partial charge in [0.2, 0.25) is 0 Å². The second kappa shape index (κ2) is 11.1. The highest BCUT2D eigenvalue weighted by atomic mass is 32.2. The molecule has 0 bridgehead atoms. The average molecular weight is 591 g/mol. The van der Waals surface area contributed by atoms with Crippen LogP contribution in [0.25, 0.3) is 11.6 Å². The van der Waals surface area contributed by atoms with Crippen LogP contribution in [0.4, 0.5) is 10.1 Å². The molecule has 0 radical (unpaired) electrons. The number of aromatic nitrogens is 1. The maximum Gasteiger partial charge on any atom is 0.256 e. The minimum absolute atomic E-state index is 0.00229. The number of anilines is 1. The quantitative estimate of drug-likeness (QED) is 0.309. The van der Waals surface area contributed by atoms with E-state index >= 15 is 0 Å². The van der Waals surface area contributed by atoms with Gasteiger partial charge in [0, 0.05) is 47.3 Å². The van der Waals surface area contributed by atoms with Crippen molar-refractivity contribution in [3.63, 3.8) is 0 Å². The minimum Gasteiger partial charge on any atom is -0.358 e. The van der Waals surface area contributed by atoms with Gasteiger partial charge in [-0.05, 0) is 87.9 Å². The van der Waals surface area contributed by atoms with E-state index in [1.54, 1.807) is 18.2 Å². The number of benzene rings is 2. The third-order valence-electron chi connectivity index (χ3n) is 8.56. The number of H-pyrrole nitrogens is 1. The van der Waals surface area contributed by atoms with Gasteiger partial charge < -0.3 is 20.5 Å². The summed E-state index contributed by atoms with van der Waals surface area (Å²) in [5.41, 5.74) is 4.00. The number of amides is 2. The van der Waals surface area contributed by atoms with Gasteiger partial charge in [0.1, 0.15) is 5.82 Å². The van der Waals surface area contributed by atoms with Crippen molar-refractivity contribution in [3.8, 4) is 0 Å². The number of fused-ring (bicyclic) bond motifs is 1. The summed E-state index contributed by atoms with van der Waals surface area (Å²) in [5.74, 6) is -0.681. The molecule has 2 aromatic carbocycles. The number of hydrogen-bond acceptors (Lipinski definition) is 5. The Hall–Kier alpha value is -3.76. The monoisotopic (exact) mass is 590 g/mol. The molecule has 8 nitrogen and oxygen atoms in total. The molecule has 42 heavy (non-hydrogen) atoms. The summed E-state index contributed by atoms with van der Waals surface area (Å²) in [6.45, 7) is 6.24. The summed E-state index contributed by atoms with van der Waals surface area (Å²) >= 11 is 0. The maximum absolute atomic E-state index is 14.2. The molecule has 0 spiro atoms. The molecule has 6 rings (SSSR count). The van der Waals surface area contributed by atoms with Gasteiger partial charge >= 0.3 is 0 Å². The molecule has 3 N–H and O–H groups in total. The number of nitrogens with zero attached hydrogens (tertiary/aromatic N) is 1. The molecular weight excluding hydrogens is 555 g/mol. The largest absolute Gasteiger partial charge is 0.358 e. The second-order valence-electron chi connectivity index (χ2n) is 11.6. The summed E-state index contributed by atoms with van der Waals surface area (Å²) < 4.78 is 40.6. The summed E-state index contributed by atoms with van der Waals surface area (Å²) in [6, 6.07) is 10.4. The van der Waals surface area contributed by atoms with Crippen molar-refractivity contribution >= 4 is 39.0 Å². The van der Waals surface area contributed by atoms with Crippen LogP contribution in [-0.4, -0.2) is 55.8 Å². The summed E-state index contributed by atoms with van der Waals surface area (Å²) in [7, 11) is -3.89. The molecule has 10 heteroatoms. The number of sulfone groups is 1. The smallest absolute Gasteiger partial charge is 0.256 e. The molecule has 2 aliphatic heterocycles. The first-order valence-electron chi connectivity index (χ1n) is 14.5. The van der Waals surface area contributed by atoms with Crippen molar-refractivity contribution in [2.45, 2.75) is 56.2 Å². The number of likely N-dealkylation sites (tertiary alicyclic amines) is 1. The predicted molar refractivity (Wildman–Crippen MR) is 160 cm³/mol. The van der Waals surface area contributed by atoms with Crippen LogP contribution >= 0.6 is 0 Å². The number of rotatable bonds is 9. The Morgan fingerprint density at radius 2 is 1.90 bits per heavy atom. The Morgan fingerprint density at radius 3 is 2.67 bits per heavy atom. The van der Waals surface area contributed by atoms with E-state index in [1.165, 1.54) is 43.2 Å². The number of aromatic amines is 1. The van der Waals surface area contributed by atoms with Crippen molar-refractivity contribution in [3.05, 3.63) is 81.9 Å². The standard InChI is InChI=1S/C32H35FN4O4S/c1-19-29(35-20(2)30(19)32(39)37-13-5-7-23(37)17-34-16-21-9-10-21)15-26-25-14-24(11-12-28(25)36-31(26)38)42(40,41)18-22-6-3-4-8-27(22)33/h3-4,6,8,11-12,14-15,21,23,34-35H,5,7,9-10,13,16-18H2,1-2H3,(H,36,38)/t23-/m1/s1. The van der Waals surface area contributed by atoms with Crippen LogP contribution in [0.2, 0.25) is 0 Å². The third kappa shape index (κ3) is 5.53. The maximum atomic E-state index is 14.2. The summed E-state index contributed by atoms with van der Waals surface area (Å²) in [6.07, 6.45) is 6.19. The van der Waals surface area contributed by atoms with Crippen molar-refractivity contribution < 1.29 is 22.4 Å². The zero-order valence-electron chi connectivity index (χ0n) is 23.8. The Kier molecular flexibility index (Phi) is 7.53. The van der Waals surface area contributed by atoms with E-state index in [4.69, 9.17) is 0 Å². The van der Waals surface area contributed by atoms with E-state index in [9.17, 15) is 22.4 Å². The van der Waals surface area contributed by atoms with Crippen LogP contribution in [0.3, 0.4) is 0 Å². The molecule has 2 fully saturated rings. The van der Waals surface area contributed by atoms with Gasteiger partial charge in [-0.3, -0.25) is 9.59 Å². The normalized spacial score (nSPS) is 19.4. The first-order chi connectivity index (χ1) is 20.1. The molecule has 1 saturated carbocycles. The Labute approximate surface area is 245 Å². The predicted octanol–water partition coefficient (Wildman–Crippen LogP) is 4.84. The molecule has 1 atom stereocenters. The fraction of sp³-hybridized carbons (Fsp3) is 0.375. The van der Waals surface area contributed by atoms with Crippen LogP contribution in [0.5, 0.6) is 0 Å². The van der Waals surface area contributed by atoms with Gasteiger partial charge in [-0.25, -0.2) is 12.8 Å². The first kappa shape index (κ1) is 28.4. The average Bonchev–Trinajstić information content (AvgIpc) is 3.45. The van der Waals surface area contributed by atoms with Crippen molar-refractivity contribution in [1.29, 1.82) is 0 Å². The van der Waals surface area contributed by atoms with E-state index in [0.29, 0.717) is 28.1 Å². The van der Waals surface area contributed by atoms with Crippen LogP contribution in [0.15, 0.2) is 47.4 Å². The molecule has 2 amide bonds. The summed E-state index contributed by atoms with van der Waals surface area (Å²) in [5, 5.41) is 6.33. The molecule has 3 heterocycles. The van der Waals surface area contributed by atoms with Gasteiger partial charge in [0.15, 0.2) is 9.84 Å². The van der Waals surface area contributed by atoms with Crippen molar-refractivity contribution in [1.82, 2.24) is 15.2 Å². The fourth-order valence-electron chi connectivity index (χ4n) is 6.03. The van der Waals surface area contributed by atoms with E-state index < -0.39 is 21.4 Å². The van der Waals surface area contributed by atoms with Crippen LogP contribution in [0.1, 0.15) is 64.1 Å². The lowest BCUT2D eigenvalue weighted by Crippen LogP contribution is -2.42. The molecule has 1 aromatic heterocycles. The SMILES string of the molecule is Cc1[nH]c(C=C2C(=O)Nc3ccc(S(=O)(=O)Cc4ccccc4F)cc32)c(C)c1C(=O)N1CCC[C@@H]1CNCC1CC1. The lowest BCUT2D eigenvalue weighted by atomic mass is 10.0. The molecule has 0 unspecified atom stereocenters. The lowest BCUT2D eigenvalue weighted by molar-refractivity contribution is -0.110. The van der Waals surface area contributed by atoms with E-state index in [-0.39, 0.29) is 28.3 Å². The van der Waals surface area contributed by atoms with Gasteiger partial charge in [0.25, 0.3) is 11.8 Å². The molecule has 3 aromatic rings. The molecule has 1 saturated heterocycles. The molecule has 220 valence electrons. The van der Waals surface area contributed by atoms with Gasteiger partial charge in [-0.2, -0.15) is 0 Å². The number of nitrogens with one attached hydrogen (secondary N) is 3. The Morgan fingerprint density at radius 1 is 1.12 bits per heavy atom. The number of aryl methyl sites for hydroxylation is 1. The first-order valence-corrected chi connectivity index (χ1v) is 16.1. The molecular formula is C32H35FN4O4S. The Balaban J connectivity index is 1.27. The Bertz CT molecular complexity index is 1710. The van der Waals surface area contributed by atoms with E-state index in [1.807, 2.05) is 18.7 Å². The highest BCUT2D eigenvalue weighted by Gasteiger charge is 2.33. The van der Waals surface area contributed by atoms with Crippen LogP contribution in [-0.2, 0) is 20.4 Å². The van der Waals surface area contributed by atoms with E-state index in [0.717, 1.165) is 49.7 Å². The highest BCUT2D eigenvalue weighted by Crippen LogP contribution is 2.36. The molecule has 1 aliphatic carbocycles. The lowest BCUT2D eigenvalue weighted by Gasteiger charge is -2.25. The van der Waals surface area contributed by atoms with E-state index in [2.05, 4.69) is 15.6 Å². The highest BCUT2D eigenvalue weighted by molar-refractivity contribution is 7.90. The second-order valence-corrected chi connectivity index (χ2v) is 13.6. The fourth-order valence-corrected chi connectivity index (χ4v) is 7.41. The number of halogens is 1. The topological polar surface area (TPSA) is 111 Å². The minimum atomic E-state index is -3.89. The number of hydrogen-bond donors (Lipinski definition) is 3. The van der Waals surface area contributed by atoms with Crippen LogP contribution in [0, 0.1) is 25.6 Å². The number of carbonyl (C=O) groups excluding carboxylic acids is 2.